The van der Waals surface area contributed by atoms with Gasteiger partial charge in [-0.05, 0) is 18.7 Å². The number of carbonyl (C=O) groups is 2. The molecule has 2 heterocycles. The number of anilines is 1. The number of hydrogen-bond acceptors (Lipinski definition) is 6. The topological polar surface area (TPSA) is 86.3 Å². The predicted octanol–water partition coefficient (Wildman–Crippen LogP) is 0.516. The summed E-state index contributed by atoms with van der Waals surface area (Å²) in [6.45, 7) is 6.73. The number of methoxy groups -OCH3 is 1. The molecule has 0 unspecified atom stereocenters. The van der Waals surface area contributed by atoms with Gasteiger partial charge in [-0.25, -0.2) is 4.99 Å². The summed E-state index contributed by atoms with van der Waals surface area (Å²) in [7, 11) is 1.57. The Bertz CT molecular complexity index is 698. The summed E-state index contributed by atoms with van der Waals surface area (Å²) in [5.74, 6) is 0.774. The van der Waals surface area contributed by atoms with Gasteiger partial charge in [0.2, 0.25) is 11.9 Å². The third kappa shape index (κ3) is 4.32. The number of rotatable bonds is 5. The van der Waals surface area contributed by atoms with Crippen molar-refractivity contribution in [2.75, 3.05) is 45.2 Å². The van der Waals surface area contributed by atoms with E-state index in [1.165, 1.54) is 0 Å². The smallest absolute Gasteiger partial charge is 0.252 e. The van der Waals surface area contributed by atoms with Crippen LogP contribution in [-0.4, -0.2) is 73.4 Å². The first-order chi connectivity index (χ1) is 12.6. The van der Waals surface area contributed by atoms with E-state index < -0.39 is 6.04 Å². The Kier molecular flexibility index (Phi) is 5.72. The van der Waals surface area contributed by atoms with Crippen LogP contribution in [0.1, 0.15) is 13.3 Å². The highest BCUT2D eigenvalue weighted by Crippen LogP contribution is 2.18. The maximum atomic E-state index is 12.3. The number of ether oxygens (including phenoxy) is 1. The molecular formula is C18H25N5O3. The molecule has 2 amide bonds. The molecule has 0 bridgehead atoms. The van der Waals surface area contributed by atoms with Crippen LogP contribution in [0.4, 0.5) is 5.69 Å². The van der Waals surface area contributed by atoms with E-state index in [1.807, 2.05) is 0 Å². The van der Waals surface area contributed by atoms with E-state index in [-0.39, 0.29) is 18.2 Å². The van der Waals surface area contributed by atoms with Crippen molar-refractivity contribution in [3.05, 3.63) is 24.3 Å². The van der Waals surface area contributed by atoms with Gasteiger partial charge in [0.25, 0.3) is 5.91 Å². The molecule has 26 heavy (non-hydrogen) atoms. The van der Waals surface area contributed by atoms with Crippen molar-refractivity contribution in [1.29, 1.82) is 0 Å². The summed E-state index contributed by atoms with van der Waals surface area (Å²) in [6, 6.07) is 6.42. The standard InChI is InChI=1S/C18H25N5O3/c1-3-22-7-9-23(10-8-22)18-20-15(17(25)21-18)12-16(24)19-13-5-4-6-14(11-13)26-2/h4-6,11,15H,3,7-10,12H2,1-2H3,(H,19,24)(H,20,21,25)/t15-/m0/s1. The second-order valence-electron chi connectivity index (χ2n) is 6.36. The largest absolute Gasteiger partial charge is 0.497 e. The number of aliphatic imine (C=N–C) groups is 1. The molecule has 0 spiro atoms. The van der Waals surface area contributed by atoms with Crippen LogP contribution < -0.4 is 15.4 Å². The van der Waals surface area contributed by atoms with Crippen molar-refractivity contribution in [2.45, 2.75) is 19.4 Å². The van der Waals surface area contributed by atoms with Crippen LogP contribution in [0.15, 0.2) is 29.3 Å². The highest BCUT2D eigenvalue weighted by Gasteiger charge is 2.32. The molecule has 0 aliphatic carbocycles. The van der Waals surface area contributed by atoms with Crippen molar-refractivity contribution >= 4 is 23.5 Å². The highest BCUT2D eigenvalue weighted by atomic mass is 16.5. The zero-order valence-electron chi connectivity index (χ0n) is 15.2. The molecule has 8 heteroatoms. The number of guanidine groups is 1. The molecule has 1 aromatic rings. The number of amides is 2. The molecule has 1 saturated heterocycles. The molecule has 1 fully saturated rings. The van der Waals surface area contributed by atoms with Gasteiger partial charge >= 0.3 is 0 Å². The lowest BCUT2D eigenvalue weighted by Crippen LogP contribution is -2.51. The van der Waals surface area contributed by atoms with Gasteiger partial charge in [0.15, 0.2) is 0 Å². The van der Waals surface area contributed by atoms with Crippen LogP contribution in [-0.2, 0) is 9.59 Å². The van der Waals surface area contributed by atoms with Crippen LogP contribution in [0.5, 0.6) is 5.75 Å². The number of nitrogens with one attached hydrogen (secondary N) is 2. The fourth-order valence-electron chi connectivity index (χ4n) is 3.10. The van der Waals surface area contributed by atoms with Crippen molar-refractivity contribution < 1.29 is 14.3 Å². The van der Waals surface area contributed by atoms with Crippen molar-refractivity contribution in [3.63, 3.8) is 0 Å². The molecule has 8 nitrogen and oxygen atoms in total. The molecule has 1 atom stereocenters. The Morgan fingerprint density at radius 3 is 2.81 bits per heavy atom. The minimum atomic E-state index is -0.681. The lowest BCUT2D eigenvalue weighted by molar-refractivity contribution is -0.124. The maximum absolute atomic E-state index is 12.3. The normalized spacial score (nSPS) is 20.5. The monoisotopic (exact) mass is 359 g/mol. The zero-order valence-corrected chi connectivity index (χ0v) is 15.2. The molecule has 2 aliphatic heterocycles. The van der Waals surface area contributed by atoms with Crippen LogP contribution in [0, 0.1) is 0 Å². The van der Waals surface area contributed by atoms with Gasteiger partial charge in [-0.2, -0.15) is 0 Å². The van der Waals surface area contributed by atoms with Gasteiger partial charge in [-0.1, -0.05) is 13.0 Å². The average Bonchev–Trinajstić information content (AvgIpc) is 3.02. The van der Waals surface area contributed by atoms with Crippen LogP contribution in [0.2, 0.25) is 0 Å². The van der Waals surface area contributed by atoms with E-state index in [0.717, 1.165) is 32.7 Å². The quantitative estimate of drug-likeness (QED) is 0.800. The molecule has 0 radical (unpaired) electrons. The minimum Gasteiger partial charge on any atom is -0.497 e. The molecule has 1 aromatic carbocycles. The third-order valence-electron chi connectivity index (χ3n) is 4.67. The lowest BCUT2D eigenvalue weighted by Gasteiger charge is -2.34. The van der Waals surface area contributed by atoms with E-state index in [2.05, 4.69) is 32.3 Å². The summed E-state index contributed by atoms with van der Waals surface area (Å²) >= 11 is 0. The second kappa shape index (κ2) is 8.18. The Labute approximate surface area is 153 Å². The second-order valence-corrected chi connectivity index (χ2v) is 6.36. The van der Waals surface area contributed by atoms with E-state index in [4.69, 9.17) is 4.74 Å². The lowest BCUT2D eigenvalue weighted by atomic mass is 10.2. The van der Waals surface area contributed by atoms with Crippen LogP contribution >= 0.6 is 0 Å². The molecule has 2 aliphatic rings. The van der Waals surface area contributed by atoms with E-state index in [0.29, 0.717) is 17.4 Å². The molecular weight excluding hydrogens is 334 g/mol. The van der Waals surface area contributed by atoms with Crippen LogP contribution in [0.25, 0.3) is 0 Å². The summed E-state index contributed by atoms with van der Waals surface area (Å²) in [6.07, 6.45) is 0.0153. The van der Waals surface area contributed by atoms with Gasteiger partial charge in [0, 0.05) is 37.9 Å². The predicted molar refractivity (Wildman–Crippen MR) is 99.3 cm³/mol. The summed E-state index contributed by atoms with van der Waals surface area (Å²) < 4.78 is 5.14. The number of nitrogens with zero attached hydrogens (tertiary/aromatic N) is 3. The van der Waals surface area contributed by atoms with Gasteiger partial charge < -0.3 is 19.9 Å². The van der Waals surface area contributed by atoms with Gasteiger partial charge in [-0.3, -0.25) is 14.9 Å². The van der Waals surface area contributed by atoms with Crippen molar-refractivity contribution in [3.8, 4) is 5.75 Å². The average molecular weight is 359 g/mol. The first-order valence-electron chi connectivity index (χ1n) is 8.89. The maximum Gasteiger partial charge on any atom is 0.252 e. The number of hydrogen-bond donors (Lipinski definition) is 2. The highest BCUT2D eigenvalue weighted by molar-refractivity contribution is 6.07. The van der Waals surface area contributed by atoms with Gasteiger partial charge in [-0.15, -0.1) is 0 Å². The molecule has 0 aromatic heterocycles. The molecule has 0 saturated carbocycles. The van der Waals surface area contributed by atoms with Crippen LogP contribution in [0.3, 0.4) is 0 Å². The van der Waals surface area contributed by atoms with Crippen molar-refractivity contribution in [2.24, 2.45) is 4.99 Å². The first kappa shape index (κ1) is 18.2. The van der Waals surface area contributed by atoms with E-state index in [1.54, 1.807) is 31.4 Å². The molecule has 140 valence electrons. The molecule has 3 rings (SSSR count). The Morgan fingerprint density at radius 2 is 2.12 bits per heavy atom. The SMILES string of the molecule is CCN1CCN(C2=N[C@@H](CC(=O)Nc3cccc(OC)c3)C(=O)N2)CC1. The fraction of sp³-hybridized carbons (Fsp3) is 0.500. The summed E-state index contributed by atoms with van der Waals surface area (Å²) in [4.78, 5) is 33.3. The third-order valence-corrected chi connectivity index (χ3v) is 4.67. The Balaban J connectivity index is 1.56. The number of likely N-dealkylation sites (N-methyl/N-ethyl adjacent to an activating group) is 1. The zero-order chi connectivity index (χ0) is 18.5. The van der Waals surface area contributed by atoms with Crippen molar-refractivity contribution in [1.82, 2.24) is 15.1 Å². The van der Waals surface area contributed by atoms with E-state index >= 15 is 0 Å². The fourth-order valence-corrected chi connectivity index (χ4v) is 3.10. The minimum absolute atomic E-state index is 0.0153. The number of benzene rings is 1. The van der Waals surface area contributed by atoms with Gasteiger partial charge in [0.05, 0.1) is 13.5 Å². The summed E-state index contributed by atoms with van der Waals surface area (Å²) in [5, 5.41) is 5.60. The Morgan fingerprint density at radius 1 is 1.35 bits per heavy atom. The van der Waals surface area contributed by atoms with Gasteiger partial charge in [0.1, 0.15) is 11.8 Å². The first-order valence-corrected chi connectivity index (χ1v) is 8.89. The molecule has 2 N–H and O–H groups in total. The summed E-state index contributed by atoms with van der Waals surface area (Å²) in [5.41, 5.74) is 0.632. The number of carbonyl (C=O) groups excluding carboxylic acids is 2. The van der Waals surface area contributed by atoms with E-state index in [9.17, 15) is 9.59 Å². The number of piperazine rings is 1. The Hall–Kier alpha value is -2.61.